The topological polar surface area (TPSA) is 64.1 Å². The van der Waals surface area contributed by atoms with E-state index in [-0.39, 0.29) is 6.04 Å². The Bertz CT molecular complexity index is 903. The van der Waals surface area contributed by atoms with Crippen LogP contribution in [0.4, 0.5) is 0 Å². The van der Waals surface area contributed by atoms with Crippen LogP contribution in [0, 0.1) is 0 Å². The molecule has 0 aliphatic heterocycles. The summed E-state index contributed by atoms with van der Waals surface area (Å²) in [5, 5.41) is 11.7. The average molecular weight is 331 g/mol. The van der Waals surface area contributed by atoms with Gasteiger partial charge in [-0.25, -0.2) is 0 Å². The van der Waals surface area contributed by atoms with Gasteiger partial charge in [0.05, 0.1) is 18.8 Å². The van der Waals surface area contributed by atoms with Gasteiger partial charge in [-0.3, -0.25) is 5.32 Å². The van der Waals surface area contributed by atoms with E-state index in [4.69, 9.17) is 8.83 Å². The van der Waals surface area contributed by atoms with Crippen LogP contribution in [-0.2, 0) is 6.54 Å². The zero-order chi connectivity index (χ0) is 16.9. The predicted octanol–water partition coefficient (Wildman–Crippen LogP) is 4.21. The first-order valence-electron chi connectivity index (χ1n) is 8.10. The largest absolute Gasteiger partial charge is 0.467 e. The minimum atomic E-state index is -0.0803. The third kappa shape index (κ3) is 3.51. The molecule has 4 aromatic rings. The molecule has 25 heavy (non-hydrogen) atoms. The normalized spacial score (nSPS) is 12.2. The van der Waals surface area contributed by atoms with Gasteiger partial charge in [-0.2, -0.15) is 0 Å². The van der Waals surface area contributed by atoms with E-state index in [1.54, 1.807) is 6.26 Å². The molecular formula is C20H17N3O2. The molecule has 4 rings (SSSR count). The van der Waals surface area contributed by atoms with E-state index < -0.39 is 0 Å². The third-order valence-corrected chi connectivity index (χ3v) is 3.91. The maximum Gasteiger partial charge on any atom is 0.247 e. The van der Waals surface area contributed by atoms with Crippen LogP contribution in [0.15, 0.2) is 87.9 Å². The van der Waals surface area contributed by atoms with E-state index in [9.17, 15) is 0 Å². The van der Waals surface area contributed by atoms with Gasteiger partial charge in [-0.05, 0) is 29.8 Å². The van der Waals surface area contributed by atoms with E-state index in [0.717, 1.165) is 16.9 Å². The highest BCUT2D eigenvalue weighted by atomic mass is 16.4. The molecule has 0 aliphatic rings. The van der Waals surface area contributed by atoms with Crippen molar-refractivity contribution < 1.29 is 8.83 Å². The van der Waals surface area contributed by atoms with Crippen molar-refractivity contribution in [1.82, 2.24) is 15.5 Å². The second-order valence-electron chi connectivity index (χ2n) is 5.61. The van der Waals surface area contributed by atoms with Crippen molar-refractivity contribution in [3.63, 3.8) is 0 Å². The Morgan fingerprint density at radius 1 is 0.840 bits per heavy atom. The van der Waals surface area contributed by atoms with Crippen LogP contribution in [0.1, 0.15) is 23.3 Å². The molecular weight excluding hydrogens is 314 g/mol. The molecule has 0 radical (unpaired) electrons. The smallest absolute Gasteiger partial charge is 0.247 e. The fourth-order valence-corrected chi connectivity index (χ4v) is 2.70. The number of hydrogen-bond acceptors (Lipinski definition) is 5. The Hall–Kier alpha value is -3.18. The lowest BCUT2D eigenvalue weighted by molar-refractivity contribution is 0.416. The second-order valence-corrected chi connectivity index (χ2v) is 5.61. The number of nitrogens with one attached hydrogen (secondary N) is 1. The minimum Gasteiger partial charge on any atom is -0.467 e. The Labute approximate surface area is 145 Å². The van der Waals surface area contributed by atoms with Gasteiger partial charge in [-0.1, -0.05) is 48.5 Å². The Kier molecular flexibility index (Phi) is 4.39. The predicted molar refractivity (Wildman–Crippen MR) is 93.6 cm³/mol. The van der Waals surface area contributed by atoms with Crippen LogP contribution < -0.4 is 5.32 Å². The molecule has 0 bridgehead atoms. The number of hydrogen-bond donors (Lipinski definition) is 1. The molecule has 2 aromatic carbocycles. The molecule has 0 saturated carbocycles. The van der Waals surface area contributed by atoms with Crippen LogP contribution in [0.25, 0.3) is 11.5 Å². The molecule has 0 spiro atoms. The second kappa shape index (κ2) is 7.15. The molecule has 0 fully saturated rings. The molecule has 2 aromatic heterocycles. The highest BCUT2D eigenvalue weighted by Gasteiger charge is 2.17. The van der Waals surface area contributed by atoms with Gasteiger partial charge in [0, 0.05) is 5.56 Å². The lowest BCUT2D eigenvalue weighted by atomic mass is 10.0. The molecule has 5 nitrogen and oxygen atoms in total. The quantitative estimate of drug-likeness (QED) is 0.573. The highest BCUT2D eigenvalue weighted by molar-refractivity contribution is 5.51. The van der Waals surface area contributed by atoms with E-state index in [0.29, 0.717) is 18.3 Å². The standard InChI is InChI=1S/C20H17N3O2/c1-3-8-15(9-4-1)19(17-12-7-13-24-17)21-14-18-22-23-20(25-18)16-10-5-2-6-11-16/h1-13,19,21H,14H2/t19-/m1/s1. The number of benzene rings is 2. The number of rotatable bonds is 6. The van der Waals surface area contributed by atoms with Crippen molar-refractivity contribution >= 4 is 0 Å². The van der Waals surface area contributed by atoms with Crippen molar-refractivity contribution in [1.29, 1.82) is 0 Å². The summed E-state index contributed by atoms with van der Waals surface area (Å²) in [6.45, 7) is 0.445. The van der Waals surface area contributed by atoms with Gasteiger partial charge in [0.25, 0.3) is 0 Å². The molecule has 1 N–H and O–H groups in total. The molecule has 0 saturated heterocycles. The Balaban J connectivity index is 1.51. The zero-order valence-electron chi connectivity index (χ0n) is 13.5. The van der Waals surface area contributed by atoms with Crippen LogP contribution in [0.5, 0.6) is 0 Å². The van der Waals surface area contributed by atoms with Crippen molar-refractivity contribution in [2.45, 2.75) is 12.6 Å². The average Bonchev–Trinajstić information content (AvgIpc) is 3.36. The molecule has 5 heteroatoms. The molecule has 0 unspecified atom stereocenters. The van der Waals surface area contributed by atoms with Crippen LogP contribution in [-0.4, -0.2) is 10.2 Å². The lowest BCUT2D eigenvalue weighted by Crippen LogP contribution is -2.21. The maximum absolute atomic E-state index is 5.76. The molecule has 0 aliphatic carbocycles. The summed E-state index contributed by atoms with van der Waals surface area (Å²) in [7, 11) is 0. The lowest BCUT2D eigenvalue weighted by Gasteiger charge is -2.15. The highest BCUT2D eigenvalue weighted by Crippen LogP contribution is 2.23. The van der Waals surface area contributed by atoms with E-state index in [2.05, 4.69) is 27.6 Å². The Morgan fingerprint density at radius 2 is 1.60 bits per heavy atom. The zero-order valence-corrected chi connectivity index (χ0v) is 13.5. The molecule has 1 atom stereocenters. The first kappa shape index (κ1) is 15.4. The van der Waals surface area contributed by atoms with Crippen molar-refractivity contribution in [2.75, 3.05) is 0 Å². The van der Waals surface area contributed by atoms with Gasteiger partial charge in [-0.15, -0.1) is 10.2 Å². The van der Waals surface area contributed by atoms with Gasteiger partial charge < -0.3 is 8.83 Å². The van der Waals surface area contributed by atoms with Crippen molar-refractivity contribution in [3.05, 3.63) is 96.3 Å². The van der Waals surface area contributed by atoms with Crippen molar-refractivity contribution in [2.24, 2.45) is 0 Å². The summed E-state index contributed by atoms with van der Waals surface area (Å²) in [4.78, 5) is 0. The van der Waals surface area contributed by atoms with Crippen LogP contribution in [0.2, 0.25) is 0 Å². The van der Waals surface area contributed by atoms with Gasteiger partial charge in [0.2, 0.25) is 11.8 Å². The molecule has 0 amide bonds. The van der Waals surface area contributed by atoms with Crippen molar-refractivity contribution in [3.8, 4) is 11.5 Å². The van der Waals surface area contributed by atoms with E-state index in [1.165, 1.54) is 0 Å². The molecule has 124 valence electrons. The first-order chi connectivity index (χ1) is 12.4. The fourth-order valence-electron chi connectivity index (χ4n) is 2.70. The van der Waals surface area contributed by atoms with Gasteiger partial charge >= 0.3 is 0 Å². The van der Waals surface area contributed by atoms with Crippen LogP contribution in [0.3, 0.4) is 0 Å². The Morgan fingerprint density at radius 3 is 2.32 bits per heavy atom. The monoisotopic (exact) mass is 331 g/mol. The van der Waals surface area contributed by atoms with E-state index in [1.807, 2.05) is 60.7 Å². The summed E-state index contributed by atoms with van der Waals surface area (Å²) in [5.74, 6) is 1.90. The minimum absolute atomic E-state index is 0.0803. The number of aromatic nitrogens is 2. The SMILES string of the molecule is c1ccc(-c2nnc(CN[C@H](c3ccccc3)c3ccco3)o2)cc1. The number of nitrogens with zero attached hydrogens (tertiary/aromatic N) is 2. The van der Waals surface area contributed by atoms with Gasteiger partial charge in [0.15, 0.2) is 0 Å². The summed E-state index contributed by atoms with van der Waals surface area (Å²) in [6, 6.07) is 23.6. The van der Waals surface area contributed by atoms with E-state index >= 15 is 0 Å². The first-order valence-corrected chi connectivity index (χ1v) is 8.10. The summed E-state index contributed by atoms with van der Waals surface area (Å²) >= 11 is 0. The third-order valence-electron chi connectivity index (χ3n) is 3.91. The van der Waals surface area contributed by atoms with Gasteiger partial charge in [0.1, 0.15) is 5.76 Å². The fraction of sp³-hybridized carbons (Fsp3) is 0.100. The summed E-state index contributed by atoms with van der Waals surface area (Å²) in [5.41, 5.74) is 2.02. The summed E-state index contributed by atoms with van der Waals surface area (Å²) < 4.78 is 11.3. The number of furan rings is 1. The van der Waals surface area contributed by atoms with Crippen LogP contribution >= 0.6 is 0 Å². The maximum atomic E-state index is 5.76. The molecule has 2 heterocycles. The summed E-state index contributed by atoms with van der Waals surface area (Å²) in [6.07, 6.45) is 1.67.